The van der Waals surface area contributed by atoms with Crippen molar-refractivity contribution in [3.05, 3.63) is 29.3 Å². The Bertz CT molecular complexity index is 340. The molecule has 1 aromatic rings. The van der Waals surface area contributed by atoms with Gasteiger partial charge in [0.25, 0.3) is 0 Å². The van der Waals surface area contributed by atoms with E-state index in [9.17, 15) is 4.79 Å². The first kappa shape index (κ1) is 13.7. The predicted molar refractivity (Wildman–Crippen MR) is 68.5 cm³/mol. The van der Waals surface area contributed by atoms with Gasteiger partial charge in [-0.25, -0.2) is 0 Å². The van der Waals surface area contributed by atoms with E-state index in [1.54, 1.807) is 11.8 Å². The van der Waals surface area contributed by atoms with E-state index in [4.69, 9.17) is 27.9 Å². The number of esters is 1. The number of alkyl halides is 1. The molecule has 0 N–H and O–H groups in total. The number of rotatable bonds is 5. The monoisotopic (exact) mass is 278 g/mol. The molecular weight excluding hydrogens is 267 g/mol. The van der Waals surface area contributed by atoms with Crippen LogP contribution in [0.1, 0.15) is 6.92 Å². The number of hydrogen-bond acceptors (Lipinski definition) is 3. The number of thioether (sulfide) groups is 1. The van der Waals surface area contributed by atoms with Gasteiger partial charge in [-0.2, -0.15) is 0 Å². The van der Waals surface area contributed by atoms with Crippen molar-refractivity contribution in [3.63, 3.8) is 0 Å². The summed E-state index contributed by atoms with van der Waals surface area (Å²) in [7, 11) is 0. The molecular formula is C11H12Cl2O2S. The van der Waals surface area contributed by atoms with Crippen LogP contribution < -0.4 is 0 Å². The van der Waals surface area contributed by atoms with E-state index in [-0.39, 0.29) is 12.1 Å². The van der Waals surface area contributed by atoms with Gasteiger partial charge >= 0.3 is 5.97 Å². The van der Waals surface area contributed by atoms with Gasteiger partial charge in [0, 0.05) is 22.6 Å². The molecule has 1 rings (SSSR count). The van der Waals surface area contributed by atoms with Crippen LogP contribution in [-0.2, 0) is 9.53 Å². The molecule has 88 valence electrons. The summed E-state index contributed by atoms with van der Waals surface area (Å²) >= 11 is 13.0. The lowest BCUT2D eigenvalue weighted by molar-refractivity contribution is -0.144. The summed E-state index contributed by atoms with van der Waals surface area (Å²) in [5.41, 5.74) is 0. The summed E-state index contributed by atoms with van der Waals surface area (Å²) in [6, 6.07) is 7.50. The van der Waals surface area contributed by atoms with Gasteiger partial charge in [-0.1, -0.05) is 11.6 Å². The first-order valence-corrected chi connectivity index (χ1v) is 6.63. The number of carbonyl (C=O) groups is 1. The zero-order chi connectivity index (χ0) is 12.0. The highest BCUT2D eigenvalue weighted by molar-refractivity contribution is 7.99. The lowest BCUT2D eigenvalue weighted by atomic mass is 10.4. The molecule has 0 saturated heterocycles. The van der Waals surface area contributed by atoms with E-state index in [2.05, 4.69) is 0 Å². The predicted octanol–water partition coefficient (Wildman–Crippen LogP) is 3.60. The van der Waals surface area contributed by atoms with Crippen LogP contribution in [0, 0.1) is 0 Å². The van der Waals surface area contributed by atoms with Crippen LogP contribution in [0.4, 0.5) is 0 Å². The molecule has 0 aliphatic carbocycles. The largest absolute Gasteiger partial charge is 0.460 e. The number of halogens is 2. The Morgan fingerprint density at radius 3 is 2.56 bits per heavy atom. The first-order chi connectivity index (χ1) is 7.61. The topological polar surface area (TPSA) is 26.3 Å². The van der Waals surface area contributed by atoms with Crippen LogP contribution in [0.15, 0.2) is 29.2 Å². The number of ether oxygens (including phenoxy) is 1. The molecule has 0 unspecified atom stereocenters. The number of carbonyl (C=O) groups excluding carboxylic acids is 1. The molecule has 5 heteroatoms. The normalized spacial score (nSPS) is 12.2. The highest BCUT2D eigenvalue weighted by atomic mass is 35.5. The zero-order valence-corrected chi connectivity index (χ0v) is 11.1. The molecule has 0 bridgehead atoms. The van der Waals surface area contributed by atoms with E-state index in [1.807, 2.05) is 24.3 Å². The van der Waals surface area contributed by atoms with Gasteiger partial charge in [-0.05, 0) is 24.3 Å². The van der Waals surface area contributed by atoms with Gasteiger partial charge in [0.1, 0.15) is 6.10 Å². The molecule has 0 aliphatic heterocycles. The van der Waals surface area contributed by atoms with Crippen molar-refractivity contribution in [3.8, 4) is 0 Å². The minimum atomic E-state index is -0.303. The van der Waals surface area contributed by atoms with Gasteiger partial charge in [0.2, 0.25) is 0 Å². The Morgan fingerprint density at radius 1 is 1.44 bits per heavy atom. The van der Waals surface area contributed by atoms with Crippen LogP contribution in [0.25, 0.3) is 0 Å². The van der Waals surface area contributed by atoms with Crippen LogP contribution in [-0.4, -0.2) is 23.7 Å². The third-order valence-electron chi connectivity index (χ3n) is 1.75. The summed E-state index contributed by atoms with van der Waals surface area (Å²) in [4.78, 5) is 11.8. The van der Waals surface area contributed by atoms with Crippen molar-refractivity contribution in [1.29, 1.82) is 0 Å². The van der Waals surface area contributed by atoms with Crippen LogP contribution in [0.5, 0.6) is 0 Å². The summed E-state index contributed by atoms with van der Waals surface area (Å²) in [5, 5.41) is 0.707. The SMILES string of the molecule is CC(=O)O[C@H](CCl)CSc1ccc(Cl)cc1. The van der Waals surface area contributed by atoms with E-state index in [1.165, 1.54) is 6.92 Å². The third-order valence-corrected chi connectivity index (χ3v) is 3.49. The van der Waals surface area contributed by atoms with Gasteiger partial charge in [0.05, 0.1) is 5.88 Å². The van der Waals surface area contributed by atoms with Crippen molar-refractivity contribution >= 4 is 40.9 Å². The van der Waals surface area contributed by atoms with Gasteiger partial charge in [-0.15, -0.1) is 23.4 Å². The molecule has 16 heavy (non-hydrogen) atoms. The van der Waals surface area contributed by atoms with E-state index >= 15 is 0 Å². The molecule has 0 fully saturated rings. The average molecular weight is 279 g/mol. The first-order valence-electron chi connectivity index (χ1n) is 4.73. The summed E-state index contributed by atoms with van der Waals surface area (Å²) in [5.74, 6) is 0.646. The highest BCUT2D eigenvalue weighted by Gasteiger charge is 2.10. The third kappa shape index (κ3) is 5.10. The lowest BCUT2D eigenvalue weighted by Crippen LogP contribution is -2.20. The fourth-order valence-electron chi connectivity index (χ4n) is 1.06. The second-order valence-corrected chi connectivity index (χ2v) is 4.99. The van der Waals surface area contributed by atoms with Crippen molar-refractivity contribution < 1.29 is 9.53 Å². The Kier molecular flexibility index (Phi) is 6.03. The second-order valence-electron chi connectivity index (χ2n) is 3.15. The fraction of sp³-hybridized carbons (Fsp3) is 0.364. The molecule has 0 aromatic heterocycles. The van der Waals surface area contributed by atoms with E-state index < -0.39 is 0 Å². The maximum Gasteiger partial charge on any atom is 0.302 e. The van der Waals surface area contributed by atoms with Crippen LogP contribution in [0.2, 0.25) is 5.02 Å². The summed E-state index contributed by atoms with van der Waals surface area (Å²) in [6.07, 6.45) is -0.250. The van der Waals surface area contributed by atoms with E-state index in [0.29, 0.717) is 16.7 Å². The van der Waals surface area contributed by atoms with Crippen LogP contribution >= 0.6 is 35.0 Å². The van der Waals surface area contributed by atoms with Gasteiger partial charge in [0.15, 0.2) is 0 Å². The van der Waals surface area contributed by atoms with Crippen LogP contribution in [0.3, 0.4) is 0 Å². The molecule has 0 saturated carbocycles. The molecule has 0 spiro atoms. The minimum absolute atomic E-state index is 0.250. The summed E-state index contributed by atoms with van der Waals surface area (Å²) < 4.78 is 5.03. The Balaban J connectivity index is 2.43. The van der Waals surface area contributed by atoms with Gasteiger partial charge < -0.3 is 4.74 Å². The zero-order valence-electron chi connectivity index (χ0n) is 8.78. The maximum absolute atomic E-state index is 10.8. The van der Waals surface area contributed by atoms with E-state index in [0.717, 1.165) is 4.90 Å². The average Bonchev–Trinajstić information content (AvgIpc) is 2.26. The molecule has 0 aliphatic rings. The smallest absolute Gasteiger partial charge is 0.302 e. The van der Waals surface area contributed by atoms with Crippen molar-refractivity contribution in [2.75, 3.05) is 11.6 Å². The Morgan fingerprint density at radius 2 is 2.06 bits per heavy atom. The molecule has 1 aromatic carbocycles. The molecule has 2 nitrogen and oxygen atoms in total. The maximum atomic E-state index is 10.8. The van der Waals surface area contributed by atoms with Crippen molar-refractivity contribution in [2.24, 2.45) is 0 Å². The summed E-state index contributed by atoms with van der Waals surface area (Å²) in [6.45, 7) is 1.38. The molecule has 1 atom stereocenters. The Hall–Kier alpha value is -0.380. The standard InChI is InChI=1S/C11H12Cl2O2S/c1-8(14)15-10(6-12)7-16-11-4-2-9(13)3-5-11/h2-5,10H,6-7H2,1H3/t10-/m1/s1. The number of hydrogen-bond donors (Lipinski definition) is 0. The molecule has 0 radical (unpaired) electrons. The minimum Gasteiger partial charge on any atom is -0.460 e. The lowest BCUT2D eigenvalue weighted by Gasteiger charge is -2.13. The Labute approximate surface area is 109 Å². The quantitative estimate of drug-likeness (QED) is 0.468. The highest BCUT2D eigenvalue weighted by Crippen LogP contribution is 2.22. The van der Waals surface area contributed by atoms with Crippen molar-refractivity contribution in [1.82, 2.24) is 0 Å². The fourth-order valence-corrected chi connectivity index (χ4v) is 2.39. The molecule has 0 heterocycles. The second kappa shape index (κ2) is 7.05. The molecule has 0 amide bonds. The van der Waals surface area contributed by atoms with Gasteiger partial charge in [-0.3, -0.25) is 4.79 Å². The van der Waals surface area contributed by atoms with Crippen molar-refractivity contribution in [2.45, 2.75) is 17.9 Å². The number of benzene rings is 1.